The van der Waals surface area contributed by atoms with Crippen LogP contribution in [0.15, 0.2) is 53.0 Å². The molecule has 3 nitrogen and oxygen atoms in total. The lowest BCUT2D eigenvalue weighted by molar-refractivity contribution is -0.115. The van der Waals surface area contributed by atoms with Crippen LogP contribution in [-0.4, -0.2) is 15.9 Å². The molecular formula is C15H14BrNO2S. The lowest BCUT2D eigenvalue weighted by atomic mass is 10.0. The van der Waals surface area contributed by atoms with Gasteiger partial charge in [0.2, 0.25) is 5.91 Å². The molecule has 2 rings (SSSR count). The minimum absolute atomic E-state index is 0.0888. The van der Waals surface area contributed by atoms with E-state index in [0.717, 1.165) is 21.2 Å². The highest BCUT2D eigenvalue weighted by molar-refractivity contribution is 9.10. The Hall–Kier alpha value is -1.46. The molecule has 0 aliphatic heterocycles. The number of hydrogen-bond donors (Lipinski definition) is 1. The molecule has 2 aromatic rings. The predicted molar refractivity (Wildman–Crippen MR) is 85.5 cm³/mol. The van der Waals surface area contributed by atoms with Crippen LogP contribution in [0.3, 0.4) is 0 Å². The van der Waals surface area contributed by atoms with Gasteiger partial charge in [-0.2, -0.15) is 0 Å². The molecule has 0 radical (unpaired) electrons. The zero-order valence-electron chi connectivity index (χ0n) is 10.7. The molecule has 5 heteroatoms. The number of primary amides is 1. The van der Waals surface area contributed by atoms with Crippen molar-refractivity contribution in [1.29, 1.82) is 0 Å². The summed E-state index contributed by atoms with van der Waals surface area (Å²) in [4.78, 5) is 10.7. The first-order chi connectivity index (χ1) is 9.54. The normalized spacial score (nSPS) is 12.1. The van der Waals surface area contributed by atoms with E-state index in [4.69, 9.17) is 5.73 Å². The van der Waals surface area contributed by atoms with Crippen molar-refractivity contribution in [2.24, 2.45) is 5.73 Å². The standard InChI is InChI=1S/C15H14BrNO2S/c16-14-7-5-13(6-8-14)12-3-1-11(2-4-12)9-20(19)10-15(17)18/h1-8H,9-10H2,(H2,17,18). The van der Waals surface area contributed by atoms with Gasteiger partial charge < -0.3 is 5.73 Å². The number of carbonyl (C=O) groups excluding carboxylic acids is 1. The highest BCUT2D eigenvalue weighted by Crippen LogP contribution is 2.22. The number of rotatable bonds is 5. The fourth-order valence-corrected chi connectivity index (χ4v) is 3.08. The fraction of sp³-hybridized carbons (Fsp3) is 0.133. The van der Waals surface area contributed by atoms with Crippen molar-refractivity contribution in [3.05, 3.63) is 58.6 Å². The highest BCUT2D eigenvalue weighted by atomic mass is 79.9. The SMILES string of the molecule is NC(=O)CS(=O)Cc1ccc(-c2ccc(Br)cc2)cc1. The van der Waals surface area contributed by atoms with Crippen LogP contribution >= 0.6 is 15.9 Å². The zero-order chi connectivity index (χ0) is 14.5. The third-order valence-corrected chi connectivity index (χ3v) is 4.55. The molecule has 1 unspecified atom stereocenters. The van der Waals surface area contributed by atoms with Crippen LogP contribution in [0.2, 0.25) is 0 Å². The monoisotopic (exact) mass is 351 g/mol. The molecule has 0 saturated carbocycles. The zero-order valence-corrected chi connectivity index (χ0v) is 13.1. The maximum atomic E-state index is 11.6. The van der Waals surface area contributed by atoms with Gasteiger partial charge in [-0.3, -0.25) is 9.00 Å². The first kappa shape index (κ1) is 14.9. The summed E-state index contributed by atoms with van der Waals surface area (Å²) in [6, 6.07) is 15.9. The Bertz CT molecular complexity index is 623. The Morgan fingerprint density at radius 2 is 1.50 bits per heavy atom. The molecule has 0 aromatic heterocycles. The molecule has 2 aromatic carbocycles. The second-order valence-corrected chi connectivity index (χ2v) is 6.77. The maximum Gasteiger partial charge on any atom is 0.230 e. The van der Waals surface area contributed by atoms with E-state index in [1.165, 1.54) is 0 Å². The van der Waals surface area contributed by atoms with Crippen molar-refractivity contribution in [3.8, 4) is 11.1 Å². The summed E-state index contributed by atoms with van der Waals surface area (Å²) in [5.41, 5.74) is 8.18. The fourth-order valence-electron chi connectivity index (χ4n) is 1.83. The van der Waals surface area contributed by atoms with Gasteiger partial charge in [-0.15, -0.1) is 0 Å². The number of halogens is 1. The summed E-state index contributed by atoms with van der Waals surface area (Å²) in [6.07, 6.45) is 0. The minimum atomic E-state index is -1.24. The average molecular weight is 352 g/mol. The van der Waals surface area contributed by atoms with Crippen LogP contribution in [-0.2, 0) is 21.3 Å². The third-order valence-electron chi connectivity index (χ3n) is 2.76. The first-order valence-electron chi connectivity index (χ1n) is 6.03. The molecule has 0 spiro atoms. The lowest BCUT2D eigenvalue weighted by Gasteiger charge is -2.04. The Morgan fingerprint density at radius 1 is 1.00 bits per heavy atom. The molecule has 104 valence electrons. The van der Waals surface area contributed by atoms with Gasteiger partial charge in [-0.1, -0.05) is 52.3 Å². The van der Waals surface area contributed by atoms with Gasteiger partial charge in [-0.25, -0.2) is 0 Å². The van der Waals surface area contributed by atoms with E-state index in [1.807, 2.05) is 48.5 Å². The van der Waals surface area contributed by atoms with Crippen LogP contribution in [0.1, 0.15) is 5.56 Å². The number of hydrogen-bond acceptors (Lipinski definition) is 2. The van der Waals surface area contributed by atoms with Crippen LogP contribution in [0, 0.1) is 0 Å². The van der Waals surface area contributed by atoms with Crippen molar-refractivity contribution < 1.29 is 9.00 Å². The smallest absolute Gasteiger partial charge is 0.230 e. The Labute approximate surface area is 128 Å². The Balaban J connectivity index is 2.08. The van der Waals surface area contributed by atoms with E-state index in [9.17, 15) is 9.00 Å². The van der Waals surface area contributed by atoms with Gasteiger partial charge in [-0.05, 0) is 28.8 Å². The van der Waals surface area contributed by atoms with Crippen LogP contribution in [0.5, 0.6) is 0 Å². The largest absolute Gasteiger partial charge is 0.369 e. The van der Waals surface area contributed by atoms with Gasteiger partial charge in [0.05, 0.1) is 0 Å². The molecule has 0 saturated heterocycles. The van der Waals surface area contributed by atoms with E-state index in [2.05, 4.69) is 15.9 Å². The van der Waals surface area contributed by atoms with Gasteiger partial charge in [0.25, 0.3) is 0 Å². The summed E-state index contributed by atoms with van der Waals surface area (Å²) in [5.74, 6) is -0.271. The number of benzene rings is 2. The molecule has 0 fully saturated rings. The molecule has 0 aliphatic rings. The summed E-state index contributed by atoms with van der Waals surface area (Å²) in [5, 5.41) is 0. The minimum Gasteiger partial charge on any atom is -0.369 e. The van der Waals surface area contributed by atoms with Gasteiger partial charge in [0, 0.05) is 21.0 Å². The number of carbonyl (C=O) groups is 1. The second kappa shape index (κ2) is 6.81. The van der Waals surface area contributed by atoms with E-state index in [1.54, 1.807) is 0 Å². The topological polar surface area (TPSA) is 60.2 Å². The Morgan fingerprint density at radius 3 is 2.00 bits per heavy atom. The Kier molecular flexibility index (Phi) is 5.09. The highest BCUT2D eigenvalue weighted by Gasteiger charge is 2.06. The van der Waals surface area contributed by atoms with Crippen molar-refractivity contribution >= 4 is 32.6 Å². The molecule has 1 amide bonds. The average Bonchev–Trinajstić information content (AvgIpc) is 2.39. The van der Waals surface area contributed by atoms with Crippen LogP contribution in [0.4, 0.5) is 0 Å². The predicted octanol–water partition coefficient (Wildman–Crippen LogP) is 2.85. The van der Waals surface area contributed by atoms with Gasteiger partial charge in [0.15, 0.2) is 0 Å². The summed E-state index contributed by atoms with van der Waals surface area (Å²) in [7, 11) is -1.24. The number of amides is 1. The summed E-state index contributed by atoms with van der Waals surface area (Å²) < 4.78 is 12.7. The molecule has 0 bridgehead atoms. The van der Waals surface area contributed by atoms with E-state index in [-0.39, 0.29) is 5.75 Å². The van der Waals surface area contributed by atoms with Crippen molar-refractivity contribution in [2.75, 3.05) is 5.75 Å². The van der Waals surface area contributed by atoms with Gasteiger partial charge >= 0.3 is 0 Å². The van der Waals surface area contributed by atoms with Crippen LogP contribution < -0.4 is 5.73 Å². The molecular weight excluding hydrogens is 338 g/mol. The molecule has 20 heavy (non-hydrogen) atoms. The molecule has 0 aliphatic carbocycles. The van der Waals surface area contributed by atoms with Crippen LogP contribution in [0.25, 0.3) is 11.1 Å². The quantitative estimate of drug-likeness (QED) is 0.900. The summed E-state index contributed by atoms with van der Waals surface area (Å²) in [6.45, 7) is 0. The van der Waals surface area contributed by atoms with Gasteiger partial charge in [0.1, 0.15) is 5.75 Å². The van der Waals surface area contributed by atoms with E-state index >= 15 is 0 Å². The van der Waals surface area contributed by atoms with Crippen molar-refractivity contribution in [1.82, 2.24) is 0 Å². The maximum absolute atomic E-state index is 11.6. The second-order valence-electron chi connectivity index (χ2n) is 4.40. The summed E-state index contributed by atoms with van der Waals surface area (Å²) >= 11 is 3.40. The lowest BCUT2D eigenvalue weighted by Crippen LogP contribution is -2.20. The molecule has 1 atom stereocenters. The van der Waals surface area contributed by atoms with E-state index in [0.29, 0.717) is 5.75 Å². The first-order valence-corrected chi connectivity index (χ1v) is 8.31. The van der Waals surface area contributed by atoms with Crippen molar-refractivity contribution in [2.45, 2.75) is 5.75 Å². The number of nitrogens with two attached hydrogens (primary N) is 1. The van der Waals surface area contributed by atoms with Crippen molar-refractivity contribution in [3.63, 3.8) is 0 Å². The van der Waals surface area contributed by atoms with E-state index < -0.39 is 16.7 Å². The third kappa shape index (κ3) is 4.28. The molecule has 0 heterocycles. The molecule has 2 N–H and O–H groups in total.